The molecular weight excluding hydrogens is 488 g/mol. The molecule has 216 valence electrons. The monoisotopic (exact) mass is 536 g/mol. The van der Waals surface area contributed by atoms with Gasteiger partial charge in [0.2, 0.25) is 0 Å². The molecule has 0 N–H and O–H groups in total. The molecule has 0 rings (SSSR count). The van der Waals surface area contributed by atoms with Crippen LogP contribution in [0.4, 0.5) is 4.79 Å². The number of hydrogen-bond acceptors (Lipinski definition) is 8. The van der Waals surface area contributed by atoms with Crippen molar-refractivity contribution in [2.75, 3.05) is 19.8 Å². The van der Waals surface area contributed by atoms with Crippen LogP contribution in [0.3, 0.4) is 0 Å². The summed E-state index contributed by atoms with van der Waals surface area (Å²) in [6.07, 6.45) is 21.8. The van der Waals surface area contributed by atoms with Gasteiger partial charge < -0.3 is 18.9 Å². The quantitative estimate of drug-likeness (QED) is 0.0471. The van der Waals surface area contributed by atoms with Crippen molar-refractivity contribution in [1.82, 2.24) is 0 Å². The fourth-order valence-electron chi connectivity index (χ4n) is 3.01. The summed E-state index contributed by atoms with van der Waals surface area (Å²) in [5, 5.41) is 0. The van der Waals surface area contributed by atoms with Gasteiger partial charge in [-0.3, -0.25) is 14.4 Å². The maximum atomic E-state index is 11.8. The Bertz CT molecular complexity index is 737. The zero-order chi connectivity index (χ0) is 28.3. The third kappa shape index (κ3) is 26.2. The van der Waals surface area contributed by atoms with E-state index in [-0.39, 0.29) is 44.5 Å². The molecule has 0 unspecified atom stereocenters. The first kappa shape index (κ1) is 35.1. The zero-order valence-corrected chi connectivity index (χ0v) is 23.6. The Kier molecular flexibility index (Phi) is 23.8. The topological polar surface area (TPSA) is 105 Å². The highest BCUT2D eigenvalue weighted by Crippen LogP contribution is 2.05. The summed E-state index contributed by atoms with van der Waals surface area (Å²) in [7, 11) is 0. The lowest BCUT2D eigenvalue weighted by Gasteiger charge is -2.07. The van der Waals surface area contributed by atoms with Crippen LogP contribution in [0.1, 0.15) is 104 Å². The second-order valence-electron chi connectivity index (χ2n) is 9.35. The summed E-state index contributed by atoms with van der Waals surface area (Å²) in [5.74, 6) is -1.59. The van der Waals surface area contributed by atoms with Gasteiger partial charge in [-0.1, -0.05) is 70.1 Å². The number of allylic oxidation sites excluding steroid dienone is 6. The third-order valence-corrected chi connectivity index (χ3v) is 5.10. The molecule has 0 amide bonds. The second-order valence-corrected chi connectivity index (χ2v) is 9.35. The molecule has 0 atom stereocenters. The maximum Gasteiger partial charge on any atom is 0.516 e. The van der Waals surface area contributed by atoms with Gasteiger partial charge in [0.1, 0.15) is 0 Å². The van der Waals surface area contributed by atoms with Crippen molar-refractivity contribution in [3.63, 3.8) is 0 Å². The lowest BCUT2D eigenvalue weighted by molar-refractivity contribution is -0.150. The molecule has 0 aromatic carbocycles. The van der Waals surface area contributed by atoms with Gasteiger partial charge in [-0.25, -0.2) is 4.79 Å². The minimum Gasteiger partial charge on any atom is -0.466 e. The van der Waals surface area contributed by atoms with Crippen LogP contribution in [0.5, 0.6) is 0 Å². The van der Waals surface area contributed by atoms with Crippen molar-refractivity contribution in [3.8, 4) is 0 Å². The first-order valence-electron chi connectivity index (χ1n) is 14.0. The van der Waals surface area contributed by atoms with Crippen molar-refractivity contribution < 1.29 is 38.1 Å². The van der Waals surface area contributed by atoms with Gasteiger partial charge in [0, 0.05) is 12.8 Å². The molecule has 0 heterocycles. The summed E-state index contributed by atoms with van der Waals surface area (Å²) in [5.41, 5.74) is 0. The molecule has 8 heteroatoms. The van der Waals surface area contributed by atoms with E-state index >= 15 is 0 Å². The molecular formula is C30H48O8. The van der Waals surface area contributed by atoms with Gasteiger partial charge in [0.15, 0.2) is 0 Å². The van der Waals surface area contributed by atoms with Gasteiger partial charge >= 0.3 is 24.1 Å². The fourth-order valence-corrected chi connectivity index (χ4v) is 3.01. The molecule has 0 radical (unpaired) electrons. The highest BCUT2D eigenvalue weighted by Gasteiger charge is 2.15. The summed E-state index contributed by atoms with van der Waals surface area (Å²) in [6, 6.07) is 0. The Morgan fingerprint density at radius 2 is 1.13 bits per heavy atom. The normalized spacial score (nSPS) is 11.5. The van der Waals surface area contributed by atoms with E-state index in [1.165, 1.54) is 25.7 Å². The van der Waals surface area contributed by atoms with Crippen molar-refractivity contribution in [3.05, 3.63) is 36.5 Å². The molecule has 0 aromatic heterocycles. The van der Waals surface area contributed by atoms with Crippen molar-refractivity contribution in [2.24, 2.45) is 5.92 Å². The maximum absolute atomic E-state index is 11.8. The van der Waals surface area contributed by atoms with Crippen LogP contribution in [-0.2, 0) is 33.3 Å². The summed E-state index contributed by atoms with van der Waals surface area (Å²) >= 11 is 0. The first-order valence-corrected chi connectivity index (χ1v) is 14.0. The average Bonchev–Trinajstić information content (AvgIpc) is 2.88. The molecule has 38 heavy (non-hydrogen) atoms. The van der Waals surface area contributed by atoms with Gasteiger partial charge in [-0.2, -0.15) is 0 Å². The zero-order valence-electron chi connectivity index (χ0n) is 23.6. The molecule has 0 bridgehead atoms. The van der Waals surface area contributed by atoms with Crippen molar-refractivity contribution >= 4 is 24.1 Å². The van der Waals surface area contributed by atoms with Gasteiger partial charge in [0.25, 0.3) is 0 Å². The third-order valence-electron chi connectivity index (χ3n) is 5.10. The van der Waals surface area contributed by atoms with E-state index in [0.29, 0.717) is 12.8 Å². The smallest absolute Gasteiger partial charge is 0.466 e. The molecule has 8 nitrogen and oxygen atoms in total. The first-order chi connectivity index (χ1) is 18.3. The summed E-state index contributed by atoms with van der Waals surface area (Å²) in [4.78, 5) is 46.2. The molecule has 0 aliphatic heterocycles. The minimum atomic E-state index is -1.07. The van der Waals surface area contributed by atoms with Crippen LogP contribution in [0, 0.1) is 5.92 Å². The van der Waals surface area contributed by atoms with E-state index in [1.807, 2.05) is 13.8 Å². The molecule has 0 saturated heterocycles. The molecule has 0 saturated carbocycles. The Balaban J connectivity index is 3.59. The Hall–Kier alpha value is -2.90. The van der Waals surface area contributed by atoms with Gasteiger partial charge in [-0.05, 0) is 50.9 Å². The van der Waals surface area contributed by atoms with E-state index in [1.54, 1.807) is 0 Å². The molecule has 0 spiro atoms. The van der Waals surface area contributed by atoms with Gasteiger partial charge in [-0.15, -0.1) is 0 Å². The summed E-state index contributed by atoms with van der Waals surface area (Å²) in [6.45, 7) is 6.30. The predicted molar refractivity (Wildman–Crippen MR) is 147 cm³/mol. The SMILES string of the molecule is CCCCC/C=C\C/C=C\C/C=C\CCCCC(=O)OCCCOC(=O)CCC(=O)OC(=O)OCC(C)C. The van der Waals surface area contributed by atoms with Gasteiger partial charge in [0.05, 0.1) is 32.7 Å². The average molecular weight is 537 g/mol. The number of carbonyl (C=O) groups is 4. The van der Waals surface area contributed by atoms with Crippen LogP contribution >= 0.6 is 0 Å². The van der Waals surface area contributed by atoms with Crippen LogP contribution in [-0.4, -0.2) is 43.9 Å². The Morgan fingerprint density at radius 1 is 0.605 bits per heavy atom. The van der Waals surface area contributed by atoms with Crippen LogP contribution in [0.2, 0.25) is 0 Å². The largest absolute Gasteiger partial charge is 0.516 e. The highest BCUT2D eigenvalue weighted by atomic mass is 16.7. The minimum absolute atomic E-state index is 0.0755. The summed E-state index contributed by atoms with van der Waals surface area (Å²) < 4.78 is 19.3. The number of esters is 3. The fraction of sp³-hybridized carbons (Fsp3) is 0.667. The highest BCUT2D eigenvalue weighted by molar-refractivity contribution is 5.84. The number of unbranched alkanes of at least 4 members (excludes halogenated alkanes) is 5. The lowest BCUT2D eigenvalue weighted by atomic mass is 10.1. The molecule has 0 fully saturated rings. The Labute approximate surface area is 228 Å². The number of carbonyl (C=O) groups excluding carboxylic acids is 4. The lowest BCUT2D eigenvalue weighted by Crippen LogP contribution is -2.17. The number of hydrogen-bond donors (Lipinski definition) is 0. The van der Waals surface area contributed by atoms with E-state index in [0.717, 1.165) is 32.1 Å². The van der Waals surface area contributed by atoms with Crippen molar-refractivity contribution in [1.29, 1.82) is 0 Å². The molecule has 0 aliphatic carbocycles. The Morgan fingerprint density at radius 3 is 1.71 bits per heavy atom. The second kappa shape index (κ2) is 25.7. The molecule has 0 aromatic rings. The van der Waals surface area contributed by atoms with E-state index in [9.17, 15) is 19.2 Å². The van der Waals surface area contributed by atoms with Crippen LogP contribution < -0.4 is 0 Å². The number of ether oxygens (including phenoxy) is 4. The van der Waals surface area contributed by atoms with Crippen molar-refractivity contribution in [2.45, 2.75) is 104 Å². The predicted octanol–water partition coefficient (Wildman–Crippen LogP) is 7.17. The van der Waals surface area contributed by atoms with Crippen LogP contribution in [0.15, 0.2) is 36.5 Å². The standard InChI is InChI=1S/C30H48O8/c1-4-5-6-7-8-9-10-11-12-13-14-15-16-17-18-20-27(31)35-23-19-24-36-28(32)21-22-29(33)38-30(34)37-25-26(2)3/h8-9,11-12,14-15,26H,4-7,10,13,16-25H2,1-3H3/b9-8-,12-11-,15-14-. The van der Waals surface area contributed by atoms with E-state index in [2.05, 4.69) is 48.1 Å². The van der Waals surface area contributed by atoms with E-state index in [4.69, 9.17) is 14.2 Å². The van der Waals surface area contributed by atoms with Crippen LogP contribution in [0.25, 0.3) is 0 Å². The van der Waals surface area contributed by atoms with E-state index < -0.39 is 18.1 Å². The number of rotatable bonds is 22. The molecule has 0 aliphatic rings.